The Morgan fingerprint density at radius 3 is 3.06 bits per heavy atom. The van der Waals surface area contributed by atoms with Crippen LogP contribution in [0, 0.1) is 0 Å². The zero-order valence-electron chi connectivity index (χ0n) is 9.80. The number of anilines is 1. The molecule has 0 amide bonds. The van der Waals surface area contributed by atoms with Crippen LogP contribution in [0.5, 0.6) is 0 Å². The molecule has 0 spiro atoms. The maximum Gasteiger partial charge on any atom is 0.315 e. The lowest BCUT2D eigenvalue weighted by Crippen LogP contribution is -2.17. The topological polar surface area (TPSA) is 75.9 Å². The van der Waals surface area contributed by atoms with Gasteiger partial charge in [-0.05, 0) is 13.5 Å². The van der Waals surface area contributed by atoms with Gasteiger partial charge in [-0.25, -0.2) is 4.98 Å². The smallest absolute Gasteiger partial charge is 0.315 e. The van der Waals surface area contributed by atoms with Crippen LogP contribution in [0.15, 0.2) is 15.3 Å². The summed E-state index contributed by atoms with van der Waals surface area (Å²) in [5.41, 5.74) is 2.76. The summed E-state index contributed by atoms with van der Waals surface area (Å²) in [6.45, 7) is 5.49. The van der Waals surface area contributed by atoms with Crippen LogP contribution in [-0.4, -0.2) is 21.7 Å². The highest BCUT2D eigenvalue weighted by Gasteiger charge is 2.12. The highest BCUT2D eigenvalue weighted by molar-refractivity contribution is 7.07. The van der Waals surface area contributed by atoms with E-state index in [0.29, 0.717) is 18.5 Å². The van der Waals surface area contributed by atoms with Crippen molar-refractivity contribution in [3.63, 3.8) is 0 Å². The minimum absolute atomic E-state index is 0.0716. The molecule has 2 N–H and O–H groups in total. The Hall–Kier alpha value is -1.47. The number of thiazole rings is 1. The second kappa shape index (κ2) is 5.74. The van der Waals surface area contributed by atoms with Gasteiger partial charge >= 0.3 is 6.01 Å². The molecule has 0 bridgehead atoms. The Kier molecular flexibility index (Phi) is 4.05. The van der Waals surface area contributed by atoms with Gasteiger partial charge in [0.15, 0.2) is 0 Å². The summed E-state index contributed by atoms with van der Waals surface area (Å²) >= 11 is 1.56. The average Bonchev–Trinajstić information content (AvgIpc) is 2.98. The standard InChI is InChI=1S/C10H15N5OS/c1-3-11-7(2)9-14-15-10(16-9)12-4-8-5-17-6-13-8/h5-7,11H,3-4H2,1-2H3,(H,12,15). The molecule has 0 radical (unpaired) electrons. The first kappa shape index (κ1) is 12.0. The molecule has 0 aliphatic heterocycles. The molecule has 0 aliphatic rings. The van der Waals surface area contributed by atoms with Crippen LogP contribution in [0.3, 0.4) is 0 Å². The summed E-state index contributed by atoms with van der Waals surface area (Å²) in [5.74, 6) is 0.590. The van der Waals surface area contributed by atoms with Crippen LogP contribution in [-0.2, 0) is 6.54 Å². The normalized spacial score (nSPS) is 12.6. The van der Waals surface area contributed by atoms with E-state index >= 15 is 0 Å². The van der Waals surface area contributed by atoms with Crippen molar-refractivity contribution in [1.82, 2.24) is 20.5 Å². The molecule has 2 aromatic rings. The van der Waals surface area contributed by atoms with E-state index in [4.69, 9.17) is 4.42 Å². The molecular weight excluding hydrogens is 238 g/mol. The van der Waals surface area contributed by atoms with Crippen molar-refractivity contribution in [2.45, 2.75) is 26.4 Å². The third kappa shape index (κ3) is 3.24. The van der Waals surface area contributed by atoms with Crippen molar-refractivity contribution in [3.05, 3.63) is 22.5 Å². The molecule has 0 saturated heterocycles. The Balaban J connectivity index is 1.89. The Morgan fingerprint density at radius 2 is 2.35 bits per heavy atom. The molecule has 17 heavy (non-hydrogen) atoms. The highest BCUT2D eigenvalue weighted by Crippen LogP contribution is 2.14. The maximum atomic E-state index is 5.48. The minimum atomic E-state index is 0.0716. The van der Waals surface area contributed by atoms with Crippen molar-refractivity contribution in [3.8, 4) is 0 Å². The van der Waals surface area contributed by atoms with Gasteiger partial charge in [0.2, 0.25) is 5.89 Å². The largest absolute Gasteiger partial charge is 0.406 e. The first-order chi connectivity index (χ1) is 8.29. The van der Waals surface area contributed by atoms with Crippen LogP contribution in [0.25, 0.3) is 0 Å². The predicted octanol–water partition coefficient (Wildman–Crippen LogP) is 1.81. The highest BCUT2D eigenvalue weighted by atomic mass is 32.1. The summed E-state index contributed by atoms with van der Waals surface area (Å²) in [4.78, 5) is 4.16. The van der Waals surface area contributed by atoms with E-state index in [2.05, 4.69) is 25.8 Å². The fraction of sp³-hybridized carbons (Fsp3) is 0.500. The van der Waals surface area contributed by atoms with Gasteiger partial charge in [0.1, 0.15) is 0 Å². The number of nitrogens with one attached hydrogen (secondary N) is 2. The molecule has 0 aliphatic carbocycles. The molecule has 92 valence electrons. The molecular formula is C10H15N5OS. The van der Waals surface area contributed by atoms with Crippen molar-refractivity contribution < 1.29 is 4.42 Å². The van der Waals surface area contributed by atoms with Crippen molar-refractivity contribution >= 4 is 17.4 Å². The Morgan fingerprint density at radius 1 is 1.47 bits per heavy atom. The number of nitrogens with zero attached hydrogens (tertiary/aromatic N) is 3. The van der Waals surface area contributed by atoms with E-state index in [1.54, 1.807) is 16.8 Å². The number of hydrogen-bond donors (Lipinski definition) is 2. The number of hydrogen-bond acceptors (Lipinski definition) is 7. The molecule has 0 saturated carbocycles. The van der Waals surface area contributed by atoms with E-state index in [0.717, 1.165) is 12.2 Å². The molecule has 1 unspecified atom stereocenters. The quantitative estimate of drug-likeness (QED) is 0.817. The Labute approximate surface area is 103 Å². The molecule has 0 fully saturated rings. The molecule has 1 atom stereocenters. The van der Waals surface area contributed by atoms with Gasteiger partial charge in [0, 0.05) is 5.38 Å². The van der Waals surface area contributed by atoms with E-state index in [1.807, 2.05) is 19.2 Å². The lowest BCUT2D eigenvalue weighted by molar-refractivity contribution is 0.428. The van der Waals surface area contributed by atoms with E-state index in [9.17, 15) is 0 Å². The lowest BCUT2D eigenvalue weighted by atomic mass is 10.3. The summed E-state index contributed by atoms with van der Waals surface area (Å²) in [6.07, 6.45) is 0. The molecule has 0 aromatic carbocycles. The molecule has 2 aromatic heterocycles. The van der Waals surface area contributed by atoms with Gasteiger partial charge in [0.05, 0.1) is 23.8 Å². The zero-order valence-corrected chi connectivity index (χ0v) is 10.6. The summed E-state index contributed by atoms with van der Waals surface area (Å²) < 4.78 is 5.48. The van der Waals surface area contributed by atoms with Crippen LogP contribution in [0.4, 0.5) is 6.01 Å². The second-order valence-electron chi connectivity index (χ2n) is 3.56. The third-order valence-corrected chi connectivity index (χ3v) is 2.86. The van der Waals surface area contributed by atoms with Gasteiger partial charge < -0.3 is 15.1 Å². The number of rotatable bonds is 6. The molecule has 6 nitrogen and oxygen atoms in total. The fourth-order valence-electron chi connectivity index (χ4n) is 1.37. The van der Waals surface area contributed by atoms with Crippen LogP contribution in [0.1, 0.15) is 31.5 Å². The summed E-state index contributed by atoms with van der Waals surface area (Å²) in [5, 5.41) is 16.1. The van der Waals surface area contributed by atoms with Crippen molar-refractivity contribution in [2.75, 3.05) is 11.9 Å². The van der Waals surface area contributed by atoms with Crippen LogP contribution < -0.4 is 10.6 Å². The van der Waals surface area contributed by atoms with Gasteiger partial charge in [-0.2, -0.15) is 0 Å². The molecule has 7 heteroatoms. The fourth-order valence-corrected chi connectivity index (χ4v) is 1.92. The van der Waals surface area contributed by atoms with Gasteiger partial charge in [0.25, 0.3) is 0 Å². The van der Waals surface area contributed by atoms with Crippen molar-refractivity contribution in [2.24, 2.45) is 0 Å². The molecule has 2 heterocycles. The van der Waals surface area contributed by atoms with E-state index in [-0.39, 0.29) is 6.04 Å². The zero-order chi connectivity index (χ0) is 12.1. The summed E-state index contributed by atoms with van der Waals surface area (Å²) in [6, 6.07) is 0.500. The third-order valence-electron chi connectivity index (χ3n) is 2.23. The lowest BCUT2D eigenvalue weighted by Gasteiger charge is -2.05. The van der Waals surface area contributed by atoms with Crippen molar-refractivity contribution in [1.29, 1.82) is 0 Å². The first-order valence-corrected chi connectivity index (χ1v) is 6.41. The SMILES string of the molecule is CCNC(C)c1nnc(NCc2cscn2)o1. The van der Waals surface area contributed by atoms with E-state index in [1.165, 1.54) is 0 Å². The number of aromatic nitrogens is 3. The second-order valence-corrected chi connectivity index (χ2v) is 4.28. The summed E-state index contributed by atoms with van der Waals surface area (Å²) in [7, 11) is 0. The first-order valence-electron chi connectivity index (χ1n) is 5.47. The van der Waals surface area contributed by atoms with Crippen LogP contribution in [0.2, 0.25) is 0 Å². The Bertz CT molecular complexity index is 441. The van der Waals surface area contributed by atoms with E-state index < -0.39 is 0 Å². The van der Waals surface area contributed by atoms with Gasteiger partial charge in [-0.1, -0.05) is 12.0 Å². The average molecular weight is 253 g/mol. The molecule has 2 rings (SSSR count). The van der Waals surface area contributed by atoms with Gasteiger partial charge in [-0.15, -0.1) is 16.4 Å². The predicted molar refractivity (Wildman–Crippen MR) is 65.8 cm³/mol. The van der Waals surface area contributed by atoms with Crippen LogP contribution >= 0.6 is 11.3 Å². The minimum Gasteiger partial charge on any atom is -0.406 e. The monoisotopic (exact) mass is 253 g/mol. The van der Waals surface area contributed by atoms with Gasteiger partial charge in [-0.3, -0.25) is 0 Å². The maximum absolute atomic E-state index is 5.48.